The number of thiol groups is 1. The van der Waals surface area contributed by atoms with Crippen molar-refractivity contribution in [2.45, 2.75) is 14.7 Å². The molecule has 34 heavy (non-hydrogen) atoms. The molecule has 0 saturated carbocycles. The molecule has 0 amide bonds. The molecule has 11 heteroatoms. The first-order valence-electron chi connectivity index (χ1n) is 9.30. The van der Waals surface area contributed by atoms with Gasteiger partial charge in [-0.05, 0) is 87.5 Å². The first kappa shape index (κ1) is 24.6. The summed E-state index contributed by atoms with van der Waals surface area (Å²) >= 11 is 3.20. The van der Waals surface area contributed by atoms with Gasteiger partial charge in [-0.1, -0.05) is 0 Å². The maximum absolute atomic E-state index is 14.0. The Morgan fingerprint density at radius 1 is 0.735 bits per heavy atom. The summed E-state index contributed by atoms with van der Waals surface area (Å²) in [6, 6.07) is 10.3. The van der Waals surface area contributed by atoms with Crippen molar-refractivity contribution in [1.82, 2.24) is 0 Å². The van der Waals surface area contributed by atoms with E-state index < -0.39 is 51.8 Å². The van der Waals surface area contributed by atoms with E-state index >= 15 is 0 Å². The first-order chi connectivity index (χ1) is 16.2. The molecule has 0 atom stereocenters. The highest BCUT2D eigenvalue weighted by atomic mass is 127. The van der Waals surface area contributed by atoms with Gasteiger partial charge in [-0.2, -0.15) is 10.9 Å². The third-order valence-electron chi connectivity index (χ3n) is 4.56. The predicted molar refractivity (Wildman–Crippen MR) is 125 cm³/mol. The summed E-state index contributed by atoms with van der Waals surface area (Å²) in [5.74, 6) is -9.76. The fraction of sp³-hybridized carbons (Fsp3) is 0. The lowest BCUT2D eigenvalue weighted by Crippen LogP contribution is -2.07. The Morgan fingerprint density at radius 3 is 1.62 bits per heavy atom. The van der Waals surface area contributed by atoms with Gasteiger partial charge in [0, 0.05) is 13.4 Å². The summed E-state index contributed by atoms with van der Waals surface area (Å²) in [4.78, 5) is 12.9. The number of rotatable bonds is 5. The van der Waals surface area contributed by atoms with Crippen LogP contribution < -0.4 is 4.74 Å². The normalized spacial score (nSPS) is 11.4. The van der Waals surface area contributed by atoms with Gasteiger partial charge in [-0.25, -0.2) is 31.1 Å². The molecule has 1 heterocycles. The van der Waals surface area contributed by atoms with Gasteiger partial charge in [0.15, 0.2) is 34.9 Å². The van der Waals surface area contributed by atoms with Crippen LogP contribution in [-0.2, 0) is 0 Å². The van der Waals surface area contributed by atoms with Gasteiger partial charge in [-0.15, -0.1) is 11.3 Å². The summed E-state index contributed by atoms with van der Waals surface area (Å²) in [5.41, 5.74) is 0. The van der Waals surface area contributed by atoms with Gasteiger partial charge < -0.3 is 4.74 Å². The lowest BCUT2D eigenvalue weighted by Gasteiger charge is -2.24. The van der Waals surface area contributed by atoms with Gasteiger partial charge in [-0.3, -0.25) is 0 Å². The molecule has 0 unspecified atom stereocenters. The fourth-order valence-electron chi connectivity index (χ4n) is 3.05. The third kappa shape index (κ3) is 4.96. The molecule has 0 aliphatic carbocycles. The van der Waals surface area contributed by atoms with Crippen LogP contribution in [0.5, 0.6) is 5.75 Å². The number of carbonyl (C=O) groups excluding carboxylic acids is 1. The predicted octanol–water partition coefficient (Wildman–Crippen LogP) is 7.88. The Kier molecular flexibility index (Phi) is 7.24. The third-order valence-corrected chi connectivity index (χ3v) is 9.08. The Morgan fingerprint density at radius 2 is 1.21 bits per heavy atom. The fourth-order valence-corrected chi connectivity index (χ4v) is 7.04. The molecule has 1 aromatic heterocycles. The maximum atomic E-state index is 14.0. The highest BCUT2D eigenvalue weighted by molar-refractivity contribution is 14.1. The van der Waals surface area contributed by atoms with E-state index in [0.29, 0.717) is 13.3 Å². The molecule has 0 fully saturated rings. The van der Waals surface area contributed by atoms with Crippen LogP contribution in [0.1, 0.15) is 9.67 Å². The number of carbonyl (C=O) groups is 1. The molecule has 0 N–H and O–H groups in total. The van der Waals surface area contributed by atoms with Crippen LogP contribution >= 0.6 is 44.8 Å². The second-order valence-electron chi connectivity index (χ2n) is 6.76. The van der Waals surface area contributed by atoms with E-state index in [2.05, 4.69) is 0 Å². The summed E-state index contributed by atoms with van der Waals surface area (Å²) in [6.07, 6.45) is 0. The van der Waals surface area contributed by atoms with E-state index in [9.17, 15) is 31.1 Å². The molecule has 3 aromatic carbocycles. The largest absolute Gasteiger partial charge is 0.422 e. The molecule has 4 aromatic rings. The Hall–Kier alpha value is -2.51. The molecule has 0 aliphatic rings. The molecular weight excluding hydrogens is 613 g/mol. The Balaban J connectivity index is 1.75. The lowest BCUT2D eigenvalue weighted by molar-refractivity contribution is 0.0738. The highest BCUT2D eigenvalue weighted by Gasteiger charge is 2.22. The van der Waals surface area contributed by atoms with Gasteiger partial charge in [0.2, 0.25) is 0 Å². The van der Waals surface area contributed by atoms with Crippen molar-refractivity contribution in [1.29, 1.82) is 0 Å². The monoisotopic (exact) mass is 624 g/mol. The zero-order valence-corrected chi connectivity index (χ0v) is 20.5. The Bertz CT molecular complexity index is 1290. The van der Waals surface area contributed by atoms with Crippen molar-refractivity contribution >= 4 is 50.8 Å². The van der Waals surface area contributed by atoms with E-state index in [1.54, 1.807) is 11.4 Å². The molecule has 0 radical (unpaired) electrons. The second-order valence-corrected chi connectivity index (χ2v) is 11.1. The van der Waals surface area contributed by atoms with Gasteiger partial charge in [0.25, 0.3) is 0 Å². The second kappa shape index (κ2) is 10.0. The van der Waals surface area contributed by atoms with Crippen molar-refractivity contribution in [2.75, 3.05) is 0 Å². The number of esters is 1. The number of ether oxygens (including phenoxy) is 1. The van der Waals surface area contributed by atoms with Crippen molar-refractivity contribution < 1.29 is 35.9 Å². The highest BCUT2D eigenvalue weighted by Crippen LogP contribution is 2.52. The summed E-state index contributed by atoms with van der Waals surface area (Å²) in [5, 5.41) is 1.73. The molecule has 176 valence electrons. The van der Waals surface area contributed by atoms with Crippen LogP contribution in [-0.4, -0.2) is 5.97 Å². The molecule has 0 aliphatic heterocycles. The maximum Gasteiger partial charge on any atom is 0.354 e. The van der Waals surface area contributed by atoms with Crippen LogP contribution in [0.2, 0.25) is 0 Å². The topological polar surface area (TPSA) is 26.3 Å². The van der Waals surface area contributed by atoms with Gasteiger partial charge >= 0.3 is 5.97 Å². The summed E-state index contributed by atoms with van der Waals surface area (Å²) in [6.45, 7) is 0. The van der Waals surface area contributed by atoms with E-state index in [4.69, 9.17) is 4.74 Å². The van der Waals surface area contributed by atoms with Crippen LogP contribution in [0.3, 0.4) is 0 Å². The van der Waals surface area contributed by atoms with Crippen LogP contribution in [0, 0.1) is 38.5 Å². The van der Waals surface area contributed by atoms with Gasteiger partial charge in [0.05, 0.1) is 0 Å². The van der Waals surface area contributed by atoms with E-state index in [1.807, 2.05) is 22.6 Å². The molecular formula is C23H11F6IO2S2. The van der Waals surface area contributed by atoms with Crippen LogP contribution in [0.4, 0.5) is 26.3 Å². The zero-order valence-electron chi connectivity index (χ0n) is 16.6. The Labute approximate surface area is 209 Å². The minimum Gasteiger partial charge on any atom is -0.422 e. The number of hydrogen-bond acceptors (Lipinski definition) is 3. The molecule has 4 rings (SSSR count). The molecule has 0 saturated heterocycles. The molecule has 0 spiro atoms. The van der Waals surface area contributed by atoms with Crippen molar-refractivity contribution in [3.05, 3.63) is 103 Å². The SMILES string of the molecule is O=C(Oc1ccc([SH](c2cc(F)c(F)c(F)c2)c2cc(F)c(F)c(F)c2)cc1)c1sccc1I. The number of benzene rings is 3. The van der Waals surface area contributed by atoms with E-state index in [0.717, 1.165) is 24.3 Å². The molecule has 2 nitrogen and oxygen atoms in total. The van der Waals surface area contributed by atoms with Crippen LogP contribution in [0.15, 0.2) is 74.7 Å². The minimum absolute atomic E-state index is 0.102. The van der Waals surface area contributed by atoms with Gasteiger partial charge in [0.1, 0.15) is 10.6 Å². The van der Waals surface area contributed by atoms with E-state index in [1.165, 1.54) is 35.6 Å². The van der Waals surface area contributed by atoms with Crippen molar-refractivity contribution in [3.63, 3.8) is 0 Å². The van der Waals surface area contributed by atoms with Crippen molar-refractivity contribution in [2.24, 2.45) is 0 Å². The summed E-state index contributed by atoms with van der Waals surface area (Å²) in [7, 11) is -2.04. The molecule has 0 bridgehead atoms. The number of halogens is 7. The average molecular weight is 624 g/mol. The average Bonchev–Trinajstić information content (AvgIpc) is 3.23. The van der Waals surface area contributed by atoms with Crippen molar-refractivity contribution in [3.8, 4) is 5.75 Å². The lowest BCUT2D eigenvalue weighted by atomic mass is 10.3. The summed E-state index contributed by atoms with van der Waals surface area (Å²) < 4.78 is 88.9. The van der Waals surface area contributed by atoms with Crippen LogP contribution in [0.25, 0.3) is 0 Å². The smallest absolute Gasteiger partial charge is 0.354 e. The first-order valence-corrected chi connectivity index (χ1v) is 12.6. The zero-order chi connectivity index (χ0) is 24.6. The standard InChI is InChI=1S/C23H11F6IO2S2/c24-15-7-13(8-16(25)20(15)28)34(14-9-17(26)21(29)18(27)10-14)12-3-1-11(2-4-12)32-23(31)22-19(30)5-6-33-22/h1-10,34H. The minimum atomic E-state index is -2.04. The van der Waals surface area contributed by atoms with E-state index in [-0.39, 0.29) is 15.5 Å². The number of thiophene rings is 1. The number of hydrogen-bond donors (Lipinski definition) is 1. The quantitative estimate of drug-likeness (QED) is 0.0611.